The number of ether oxygens (including phenoxy) is 1. The summed E-state index contributed by atoms with van der Waals surface area (Å²) in [5.74, 6) is -2.77. The summed E-state index contributed by atoms with van der Waals surface area (Å²) in [6.45, 7) is 17.3. The minimum Gasteiger partial charge on any atom is -0.545 e. The number of hydrogen-bond donors (Lipinski definition) is 0. The molecule has 1 aliphatic heterocycles. The molecule has 2 aromatic carbocycles. The Morgan fingerprint density at radius 2 is 1.43 bits per heavy atom. The Morgan fingerprint density at radius 1 is 0.830 bits per heavy atom. The Bertz CT molecular complexity index is 2250. The molecule has 1 saturated heterocycles. The van der Waals surface area contributed by atoms with Crippen molar-refractivity contribution in [1.82, 2.24) is 4.90 Å². The van der Waals surface area contributed by atoms with Gasteiger partial charge in [-0.15, -0.1) is 0 Å². The van der Waals surface area contributed by atoms with Crippen LogP contribution >= 0.6 is 0 Å². The van der Waals surface area contributed by atoms with Crippen molar-refractivity contribution in [1.29, 1.82) is 21.0 Å². The zero-order valence-electron chi connectivity index (χ0n) is 28.1. The first-order valence-electron chi connectivity index (χ1n) is 16.0. The highest BCUT2D eigenvalue weighted by atomic mass is 16.5. The molecule has 1 atom stereocenters. The van der Waals surface area contributed by atoms with E-state index in [0.29, 0.717) is 50.3 Å². The van der Waals surface area contributed by atoms with E-state index in [9.17, 15) is 40.8 Å². The maximum Gasteiger partial charge on any atom is 0.334 e. The minimum absolute atomic E-state index is 0.0243. The zero-order valence-corrected chi connectivity index (χ0v) is 28.1. The Labute approximate surface area is 306 Å². The van der Waals surface area contributed by atoms with E-state index in [2.05, 4.69) is 26.7 Å². The van der Waals surface area contributed by atoms with Crippen LogP contribution in [0.4, 0.5) is 0 Å². The van der Waals surface area contributed by atoms with Crippen LogP contribution in [0, 0.1) is 58.5 Å². The number of carbonyl (C=O) groups is 2. The van der Waals surface area contributed by atoms with Gasteiger partial charge < -0.3 is 29.4 Å². The van der Waals surface area contributed by atoms with Gasteiger partial charge in [-0.25, -0.2) is 16.7 Å². The summed E-state index contributed by atoms with van der Waals surface area (Å²) in [5.41, 5.74) is 3.26. The topological polar surface area (TPSA) is 197 Å². The summed E-state index contributed by atoms with van der Waals surface area (Å²) in [6, 6.07) is 17.3. The third-order valence-corrected chi connectivity index (χ3v) is 8.34. The van der Waals surface area contributed by atoms with Crippen molar-refractivity contribution in [3.63, 3.8) is 0 Å². The molecule has 0 radical (unpaired) electrons. The average Bonchev–Trinajstić information content (AvgIpc) is 3.59. The van der Waals surface area contributed by atoms with Crippen molar-refractivity contribution in [2.75, 3.05) is 26.3 Å². The summed E-state index contributed by atoms with van der Waals surface area (Å²) in [6.07, 6.45) is 11.3. The number of hydrogen-bond acceptors (Lipinski definition) is 10. The Hall–Kier alpha value is -7.74. The van der Waals surface area contributed by atoms with Crippen LogP contribution in [0.3, 0.4) is 0 Å². The fourth-order valence-electron chi connectivity index (χ4n) is 5.85. The van der Waals surface area contributed by atoms with E-state index in [1.165, 1.54) is 60.7 Å². The van der Waals surface area contributed by atoms with Crippen molar-refractivity contribution in [2.45, 2.75) is 18.9 Å². The molecule has 1 unspecified atom stereocenters. The van der Waals surface area contributed by atoms with E-state index in [1.54, 1.807) is 12.2 Å². The van der Waals surface area contributed by atoms with E-state index in [-0.39, 0.29) is 39.1 Å². The van der Waals surface area contributed by atoms with Crippen LogP contribution in [0.25, 0.3) is 20.8 Å². The molecule has 0 bridgehead atoms. The van der Waals surface area contributed by atoms with Crippen molar-refractivity contribution in [2.24, 2.45) is 0 Å². The van der Waals surface area contributed by atoms with E-state index in [1.807, 2.05) is 24.3 Å². The molecular formula is C41H27N7O5-2. The lowest BCUT2D eigenvalue weighted by atomic mass is 9.93. The summed E-state index contributed by atoms with van der Waals surface area (Å²) >= 11 is 0. The molecule has 4 rings (SSSR count). The molecule has 12 heteroatoms. The summed E-state index contributed by atoms with van der Waals surface area (Å²) in [4.78, 5) is 31.3. The van der Waals surface area contributed by atoms with Crippen LogP contribution in [0.1, 0.15) is 44.7 Å². The SMILES string of the molecule is [C-]#[N+]/C(C#N)=C(/C(C#N)=C/C=C/C1=C(N2CCOCC2)C(=C/C=C/C(C#N)=C(\c2ccc(C(=O)[O-])cc2)C(C#N)[N+]#[C-])/CC1)c1ccc(C(=O)[O-])cc1. The van der Waals surface area contributed by atoms with Crippen molar-refractivity contribution in [3.05, 3.63) is 164 Å². The summed E-state index contributed by atoms with van der Waals surface area (Å²) in [7, 11) is 0. The van der Waals surface area contributed by atoms with Crippen molar-refractivity contribution < 1.29 is 24.5 Å². The first-order chi connectivity index (χ1) is 25.7. The Kier molecular flexibility index (Phi) is 13.2. The number of benzene rings is 2. The molecule has 0 aromatic heterocycles. The number of morpholine rings is 1. The number of carbonyl (C=O) groups excluding carboxylic acids is 2. The van der Waals surface area contributed by atoms with Crippen LogP contribution in [0.2, 0.25) is 0 Å². The van der Waals surface area contributed by atoms with Gasteiger partial charge in [0.1, 0.15) is 0 Å². The van der Waals surface area contributed by atoms with Crippen LogP contribution in [-0.4, -0.2) is 49.2 Å². The van der Waals surface area contributed by atoms with Gasteiger partial charge in [0.2, 0.25) is 0 Å². The first kappa shape index (κ1) is 38.1. The number of nitriles is 4. The number of carboxylic acid groups (broad SMARTS) is 2. The number of allylic oxidation sites excluding steroid dienone is 12. The van der Waals surface area contributed by atoms with E-state index < -0.39 is 18.0 Å². The highest BCUT2D eigenvalue weighted by Crippen LogP contribution is 2.36. The van der Waals surface area contributed by atoms with Gasteiger partial charge in [-0.3, -0.25) is 4.85 Å². The number of nitrogens with zero attached hydrogens (tertiary/aromatic N) is 7. The van der Waals surface area contributed by atoms with E-state index >= 15 is 0 Å². The normalized spacial score (nSPS) is 16.8. The molecule has 1 heterocycles. The van der Waals surface area contributed by atoms with Crippen LogP contribution < -0.4 is 10.2 Å². The lowest BCUT2D eigenvalue weighted by Crippen LogP contribution is -2.36. The molecule has 1 aliphatic carbocycles. The molecule has 0 spiro atoms. The maximum absolute atomic E-state index is 11.2. The Morgan fingerprint density at radius 3 is 1.94 bits per heavy atom. The summed E-state index contributed by atoms with van der Waals surface area (Å²) < 4.78 is 5.57. The molecule has 12 nitrogen and oxygen atoms in total. The molecule has 258 valence electrons. The smallest absolute Gasteiger partial charge is 0.334 e. The lowest BCUT2D eigenvalue weighted by molar-refractivity contribution is -0.256. The predicted octanol–water partition coefficient (Wildman–Crippen LogP) is 4.23. The molecule has 0 saturated carbocycles. The monoisotopic (exact) mass is 697 g/mol. The van der Waals surface area contributed by atoms with Gasteiger partial charge in [-0.1, -0.05) is 72.8 Å². The van der Waals surface area contributed by atoms with Gasteiger partial charge >= 0.3 is 6.04 Å². The molecular weight excluding hydrogens is 670 g/mol. The third-order valence-electron chi connectivity index (χ3n) is 8.34. The van der Waals surface area contributed by atoms with Gasteiger partial charge in [0.15, 0.2) is 6.07 Å². The zero-order chi connectivity index (χ0) is 38.3. The number of carboxylic acids is 2. The molecule has 0 amide bonds. The maximum atomic E-state index is 11.2. The van der Waals surface area contributed by atoms with Crippen molar-refractivity contribution in [3.8, 4) is 24.3 Å². The van der Waals surface area contributed by atoms with Crippen LogP contribution in [0.15, 0.2) is 119 Å². The molecule has 53 heavy (non-hydrogen) atoms. The second kappa shape index (κ2) is 18.3. The number of aromatic carboxylic acids is 2. The highest BCUT2D eigenvalue weighted by molar-refractivity contribution is 5.91. The van der Waals surface area contributed by atoms with E-state index in [4.69, 9.17) is 17.9 Å². The van der Waals surface area contributed by atoms with E-state index in [0.717, 1.165) is 16.8 Å². The fraction of sp³-hybridized carbons (Fsp3) is 0.171. The van der Waals surface area contributed by atoms with Crippen LogP contribution in [0.5, 0.6) is 0 Å². The quantitative estimate of drug-likeness (QED) is 0.186. The van der Waals surface area contributed by atoms with Gasteiger partial charge in [-0.2, -0.15) is 15.8 Å². The van der Waals surface area contributed by atoms with Gasteiger partial charge in [-0.05, 0) is 58.4 Å². The number of rotatable bonds is 11. The molecule has 2 aliphatic rings. The van der Waals surface area contributed by atoms with Gasteiger partial charge in [0.05, 0.1) is 66.7 Å². The highest BCUT2D eigenvalue weighted by Gasteiger charge is 2.26. The Balaban J connectivity index is 1.76. The summed E-state index contributed by atoms with van der Waals surface area (Å²) in [5, 5.41) is 62.0. The molecule has 1 fully saturated rings. The van der Waals surface area contributed by atoms with Crippen LogP contribution in [-0.2, 0) is 4.74 Å². The minimum atomic E-state index is -1.39. The van der Waals surface area contributed by atoms with Gasteiger partial charge in [0, 0.05) is 24.4 Å². The predicted molar refractivity (Wildman–Crippen MR) is 188 cm³/mol. The molecule has 0 N–H and O–H groups in total. The lowest BCUT2D eigenvalue weighted by Gasteiger charge is -2.31. The van der Waals surface area contributed by atoms with Crippen molar-refractivity contribution >= 4 is 23.1 Å². The second-order valence-corrected chi connectivity index (χ2v) is 11.4. The average molecular weight is 698 g/mol. The second-order valence-electron chi connectivity index (χ2n) is 11.4. The standard InChI is InChI=1S/C41H29N7O5/c1-46-35(25-44)37(27-9-15-31(16-10-27)40(49)50)33(23-42)7-3-5-29-13-14-30(39(29)48-19-21-53-22-20-48)6-4-8-34(24-43)38(36(26-45)47-2)28-11-17-32(18-12-28)41(51)52/h3-12,15-18,35H,13-14,19-22H2,(H,49,50)(H,51,52)/p-2/b6-4+,7-3+,29-5+,34-8+,37-33-,38-36+. The molecule has 2 aromatic rings. The van der Waals surface area contributed by atoms with Gasteiger partial charge in [0.25, 0.3) is 5.70 Å². The fourth-order valence-corrected chi connectivity index (χ4v) is 5.85. The largest absolute Gasteiger partial charge is 0.545 e. The third kappa shape index (κ3) is 9.09. The first-order valence-corrected chi connectivity index (χ1v) is 16.0.